The van der Waals surface area contributed by atoms with Crippen LogP contribution < -0.4 is 0 Å². The molecule has 0 heterocycles. The smallest absolute Gasteiger partial charge is 0.416 e. The van der Waals surface area contributed by atoms with Crippen LogP contribution in [0.3, 0.4) is 0 Å². The molecule has 9 heteroatoms. The fraction of sp³-hybridized carbons (Fsp3) is 0.417. The van der Waals surface area contributed by atoms with E-state index in [0.717, 1.165) is 6.92 Å². The second-order valence-corrected chi connectivity index (χ2v) is 4.64. The highest BCUT2D eigenvalue weighted by molar-refractivity contribution is 5.68. The summed E-state index contributed by atoms with van der Waals surface area (Å²) in [6, 6.07) is 0.511. The third kappa shape index (κ3) is 4.35. The first-order valence-corrected chi connectivity index (χ1v) is 5.47. The summed E-state index contributed by atoms with van der Waals surface area (Å²) in [6.07, 6.45) is -11.2. The number of aliphatic carboxylic acids is 1. The second-order valence-electron chi connectivity index (χ2n) is 4.64. The van der Waals surface area contributed by atoms with Gasteiger partial charge in [-0.2, -0.15) is 26.3 Å². The molecule has 1 aromatic carbocycles. The zero-order chi connectivity index (χ0) is 16.6. The van der Waals surface area contributed by atoms with E-state index in [1.807, 2.05) is 0 Å². The van der Waals surface area contributed by atoms with Crippen LogP contribution in [0.4, 0.5) is 26.3 Å². The first kappa shape index (κ1) is 17.3. The van der Waals surface area contributed by atoms with Crippen LogP contribution >= 0.6 is 0 Å². The summed E-state index contributed by atoms with van der Waals surface area (Å²) < 4.78 is 75.7. The van der Waals surface area contributed by atoms with Crippen LogP contribution in [-0.2, 0) is 22.7 Å². The summed E-state index contributed by atoms with van der Waals surface area (Å²) in [4.78, 5) is 10.5. The lowest BCUT2D eigenvalue weighted by atomic mass is 9.89. The number of hydrogen-bond acceptors (Lipinski definition) is 2. The van der Waals surface area contributed by atoms with Crippen molar-refractivity contribution >= 4 is 5.97 Å². The highest BCUT2D eigenvalue weighted by atomic mass is 19.4. The van der Waals surface area contributed by atoms with Crippen LogP contribution in [0.5, 0.6) is 0 Å². The number of rotatable bonds is 3. The van der Waals surface area contributed by atoms with Crippen molar-refractivity contribution in [3.8, 4) is 0 Å². The van der Waals surface area contributed by atoms with Crippen LogP contribution in [0.2, 0.25) is 0 Å². The summed E-state index contributed by atoms with van der Waals surface area (Å²) in [7, 11) is 0. The Morgan fingerprint density at radius 1 is 0.952 bits per heavy atom. The number of halogens is 6. The van der Waals surface area contributed by atoms with Gasteiger partial charge in [0.25, 0.3) is 0 Å². The SMILES string of the molecule is CC(O)(CC(=O)O)c1cc(C(F)(F)F)cc(C(F)(F)F)c1. The van der Waals surface area contributed by atoms with Crippen molar-refractivity contribution in [1.82, 2.24) is 0 Å². The van der Waals surface area contributed by atoms with Crippen LogP contribution in [0.1, 0.15) is 30.0 Å². The lowest BCUT2D eigenvalue weighted by molar-refractivity contribution is -0.143. The first-order chi connectivity index (χ1) is 9.23. The summed E-state index contributed by atoms with van der Waals surface area (Å²) >= 11 is 0. The minimum atomic E-state index is -5.06. The summed E-state index contributed by atoms with van der Waals surface area (Å²) in [6.45, 7) is 0.830. The van der Waals surface area contributed by atoms with Gasteiger partial charge in [-0.15, -0.1) is 0 Å². The Morgan fingerprint density at radius 3 is 1.57 bits per heavy atom. The number of hydrogen-bond donors (Lipinski definition) is 2. The van der Waals surface area contributed by atoms with Crippen molar-refractivity contribution in [1.29, 1.82) is 0 Å². The molecule has 21 heavy (non-hydrogen) atoms. The standard InChI is InChI=1S/C12H10F6O3/c1-10(21,5-9(19)20)6-2-7(11(13,14)15)4-8(3-6)12(16,17)18/h2-4,21H,5H2,1H3,(H,19,20). The van der Waals surface area contributed by atoms with Gasteiger partial charge >= 0.3 is 18.3 Å². The van der Waals surface area contributed by atoms with Crippen LogP contribution in [0.15, 0.2) is 18.2 Å². The highest BCUT2D eigenvalue weighted by Crippen LogP contribution is 2.39. The second kappa shape index (κ2) is 5.21. The number of carboxylic acids is 1. The Bertz CT molecular complexity index is 513. The Labute approximate surface area is 114 Å². The predicted octanol–water partition coefficient (Wildman–Crippen LogP) is 3.41. The van der Waals surface area contributed by atoms with Gasteiger partial charge in [-0.25, -0.2) is 0 Å². The lowest BCUT2D eigenvalue weighted by Crippen LogP contribution is -2.26. The third-order valence-electron chi connectivity index (χ3n) is 2.71. The minimum absolute atomic E-state index is 0.0969. The van der Waals surface area contributed by atoms with Gasteiger partial charge in [-0.05, 0) is 30.7 Å². The van der Waals surface area contributed by atoms with Gasteiger partial charge in [-0.1, -0.05) is 0 Å². The van der Waals surface area contributed by atoms with Gasteiger partial charge in [0.2, 0.25) is 0 Å². The monoisotopic (exact) mass is 316 g/mol. The normalized spacial score (nSPS) is 15.6. The van der Waals surface area contributed by atoms with Crippen molar-refractivity contribution in [3.05, 3.63) is 34.9 Å². The maximum Gasteiger partial charge on any atom is 0.416 e. The number of carboxylic acid groups (broad SMARTS) is 1. The molecule has 0 aliphatic carbocycles. The van der Waals surface area contributed by atoms with E-state index in [0.29, 0.717) is 12.1 Å². The lowest BCUT2D eigenvalue weighted by Gasteiger charge is -2.24. The quantitative estimate of drug-likeness (QED) is 0.840. The van der Waals surface area contributed by atoms with Gasteiger partial charge < -0.3 is 10.2 Å². The summed E-state index contributed by atoms with van der Waals surface area (Å²) in [5.74, 6) is -1.56. The van der Waals surface area contributed by atoms with Crippen LogP contribution in [-0.4, -0.2) is 16.2 Å². The molecule has 0 saturated heterocycles. The summed E-state index contributed by atoms with van der Waals surface area (Å²) in [5.41, 5.74) is -6.37. The maximum atomic E-state index is 12.6. The fourth-order valence-corrected chi connectivity index (χ4v) is 1.66. The van der Waals surface area contributed by atoms with E-state index in [4.69, 9.17) is 5.11 Å². The average molecular weight is 316 g/mol. The number of alkyl halides is 6. The van der Waals surface area contributed by atoms with E-state index in [-0.39, 0.29) is 6.07 Å². The first-order valence-electron chi connectivity index (χ1n) is 5.47. The topological polar surface area (TPSA) is 57.5 Å². The van der Waals surface area contributed by atoms with Crippen molar-refractivity contribution in [2.75, 3.05) is 0 Å². The van der Waals surface area contributed by atoms with Crippen molar-refractivity contribution in [2.24, 2.45) is 0 Å². The molecule has 1 rings (SSSR count). The molecule has 0 spiro atoms. The largest absolute Gasteiger partial charge is 0.481 e. The highest BCUT2D eigenvalue weighted by Gasteiger charge is 2.39. The molecule has 0 bridgehead atoms. The summed E-state index contributed by atoms with van der Waals surface area (Å²) in [5, 5.41) is 18.4. The number of carbonyl (C=O) groups is 1. The van der Waals surface area contributed by atoms with Gasteiger partial charge in [0.1, 0.15) is 0 Å². The van der Waals surface area contributed by atoms with Gasteiger partial charge in [0.05, 0.1) is 23.1 Å². The van der Waals surface area contributed by atoms with Crippen molar-refractivity contribution < 1.29 is 41.4 Å². The molecule has 118 valence electrons. The van der Waals surface area contributed by atoms with Crippen LogP contribution in [0.25, 0.3) is 0 Å². The molecule has 1 atom stereocenters. The van der Waals surface area contributed by atoms with E-state index in [2.05, 4.69) is 0 Å². The molecule has 0 amide bonds. The van der Waals surface area contributed by atoms with E-state index in [9.17, 15) is 36.2 Å². The molecule has 2 N–H and O–H groups in total. The van der Waals surface area contributed by atoms with E-state index >= 15 is 0 Å². The minimum Gasteiger partial charge on any atom is -0.481 e. The van der Waals surface area contributed by atoms with E-state index in [1.54, 1.807) is 0 Å². The van der Waals surface area contributed by atoms with Gasteiger partial charge in [0, 0.05) is 0 Å². The van der Waals surface area contributed by atoms with Crippen molar-refractivity contribution in [2.45, 2.75) is 31.3 Å². The molecule has 0 fully saturated rings. The molecule has 0 saturated carbocycles. The van der Waals surface area contributed by atoms with Gasteiger partial charge in [-0.3, -0.25) is 4.79 Å². The molecular formula is C12H10F6O3. The Morgan fingerprint density at radius 2 is 1.29 bits per heavy atom. The molecule has 0 aliphatic rings. The average Bonchev–Trinajstić information content (AvgIpc) is 2.24. The molecule has 3 nitrogen and oxygen atoms in total. The zero-order valence-corrected chi connectivity index (χ0v) is 10.5. The van der Waals surface area contributed by atoms with Gasteiger partial charge in [0.15, 0.2) is 0 Å². The fourth-order valence-electron chi connectivity index (χ4n) is 1.66. The van der Waals surface area contributed by atoms with Crippen molar-refractivity contribution in [3.63, 3.8) is 0 Å². The third-order valence-corrected chi connectivity index (χ3v) is 2.71. The van der Waals surface area contributed by atoms with E-state index < -0.39 is 47.0 Å². The molecule has 1 aromatic rings. The molecular weight excluding hydrogens is 306 g/mol. The Balaban J connectivity index is 3.49. The Hall–Kier alpha value is -1.77. The predicted molar refractivity (Wildman–Crippen MR) is 58.3 cm³/mol. The van der Waals surface area contributed by atoms with Crippen LogP contribution in [0, 0.1) is 0 Å². The Kier molecular flexibility index (Phi) is 4.29. The van der Waals surface area contributed by atoms with E-state index in [1.165, 1.54) is 0 Å². The zero-order valence-electron chi connectivity index (χ0n) is 10.5. The molecule has 0 radical (unpaired) electrons. The molecule has 0 aromatic heterocycles. The molecule has 1 unspecified atom stereocenters. The maximum absolute atomic E-state index is 12.6. The number of aliphatic hydroxyl groups is 1. The number of benzene rings is 1. The molecule has 0 aliphatic heterocycles.